The SMILES string of the molecule is CC[N+](C)(C)S.CC[N+](C)(C)S.[Cl-].[Cl-]. The minimum absolute atomic E-state index is 0. The van der Waals surface area contributed by atoms with Gasteiger partial charge >= 0.3 is 0 Å². The molecule has 0 N–H and O–H groups in total. The van der Waals surface area contributed by atoms with E-state index < -0.39 is 0 Å². The maximum Gasteiger partial charge on any atom is 0.0857 e. The lowest BCUT2D eigenvalue weighted by Crippen LogP contribution is -3.00. The van der Waals surface area contributed by atoms with E-state index in [1.54, 1.807) is 0 Å². The molecule has 0 aliphatic carbocycles. The second kappa shape index (κ2) is 10.7. The summed E-state index contributed by atoms with van der Waals surface area (Å²) < 4.78 is 1.53. The van der Waals surface area contributed by atoms with Crippen LogP contribution in [0.3, 0.4) is 0 Å². The van der Waals surface area contributed by atoms with Crippen LogP contribution in [0.1, 0.15) is 13.8 Å². The van der Waals surface area contributed by atoms with E-state index in [0.717, 1.165) is 20.9 Å². The number of hydrogen-bond donors (Lipinski definition) is 2. The molecule has 92 valence electrons. The number of halogens is 2. The van der Waals surface area contributed by atoms with E-state index in [-0.39, 0.29) is 24.8 Å². The molecule has 6 heteroatoms. The first-order valence-electron chi connectivity index (χ1n) is 4.24. The second-order valence-electron chi connectivity index (χ2n) is 3.87. The van der Waals surface area contributed by atoms with Crippen molar-refractivity contribution in [3.8, 4) is 0 Å². The van der Waals surface area contributed by atoms with E-state index in [0.29, 0.717) is 0 Å². The van der Waals surface area contributed by atoms with Gasteiger partial charge in [-0.05, 0) is 13.8 Å². The molecule has 0 saturated heterocycles. The molecule has 0 rings (SSSR count). The Morgan fingerprint density at radius 2 is 0.786 bits per heavy atom. The normalized spacial score (nSPS) is 10.3. The first-order chi connectivity index (χ1) is 5.12. The Balaban J connectivity index is -0.0000000625. The molecule has 0 aromatic heterocycles. The summed E-state index contributed by atoms with van der Waals surface area (Å²) in [6.07, 6.45) is 0. The van der Waals surface area contributed by atoms with Crippen LogP contribution in [0.4, 0.5) is 0 Å². The summed E-state index contributed by atoms with van der Waals surface area (Å²) in [6.45, 7) is 6.35. The molecule has 0 atom stereocenters. The third kappa shape index (κ3) is 37.9. The van der Waals surface area contributed by atoms with Crippen molar-refractivity contribution in [3.05, 3.63) is 0 Å². The molecular formula is C8H24Cl2N2S2. The van der Waals surface area contributed by atoms with Gasteiger partial charge in [0.25, 0.3) is 0 Å². The summed E-state index contributed by atoms with van der Waals surface area (Å²) in [5.41, 5.74) is 0. The van der Waals surface area contributed by atoms with Crippen molar-refractivity contribution in [3.63, 3.8) is 0 Å². The zero-order chi connectivity index (χ0) is 10.4. The fraction of sp³-hybridized carbons (Fsp3) is 1.00. The fourth-order valence-corrected chi connectivity index (χ4v) is 0. The third-order valence-corrected chi connectivity index (χ3v) is 2.11. The maximum atomic E-state index is 4.19. The molecule has 0 heterocycles. The first-order valence-corrected chi connectivity index (χ1v) is 5.04. The highest BCUT2D eigenvalue weighted by Crippen LogP contribution is 1.97. The number of rotatable bonds is 2. The minimum atomic E-state index is 0. The van der Waals surface area contributed by atoms with Crippen LogP contribution in [0, 0.1) is 0 Å². The lowest BCUT2D eigenvalue weighted by Gasteiger charge is -2.17. The quantitative estimate of drug-likeness (QED) is 0.373. The first kappa shape index (κ1) is 24.4. The van der Waals surface area contributed by atoms with Gasteiger partial charge in [0.15, 0.2) is 0 Å². The summed E-state index contributed by atoms with van der Waals surface area (Å²) in [5.74, 6) is 0. The van der Waals surface area contributed by atoms with Crippen molar-refractivity contribution < 1.29 is 32.6 Å². The van der Waals surface area contributed by atoms with E-state index in [2.05, 4.69) is 39.5 Å². The van der Waals surface area contributed by atoms with Crippen LogP contribution in [0.2, 0.25) is 0 Å². The Bertz CT molecular complexity index is 96.9. The van der Waals surface area contributed by atoms with Crippen LogP contribution in [0.25, 0.3) is 0 Å². The van der Waals surface area contributed by atoms with E-state index >= 15 is 0 Å². The Hall–Kier alpha value is 1.20. The van der Waals surface area contributed by atoms with Crippen molar-refractivity contribution in [2.75, 3.05) is 41.3 Å². The van der Waals surface area contributed by atoms with Crippen LogP contribution < -0.4 is 24.8 Å². The predicted octanol–water partition coefficient (Wildman–Crippen LogP) is -4.14. The highest BCUT2D eigenvalue weighted by molar-refractivity contribution is 7.74. The smallest absolute Gasteiger partial charge is 0.0857 e. The summed E-state index contributed by atoms with van der Waals surface area (Å²) in [4.78, 5) is 0. The molecular weight excluding hydrogens is 259 g/mol. The molecule has 2 nitrogen and oxygen atoms in total. The minimum Gasteiger partial charge on any atom is -1.00 e. The second-order valence-corrected chi connectivity index (χ2v) is 6.04. The monoisotopic (exact) mass is 282 g/mol. The van der Waals surface area contributed by atoms with Crippen molar-refractivity contribution in [2.24, 2.45) is 0 Å². The molecule has 0 unspecified atom stereocenters. The molecule has 0 amide bonds. The highest BCUT2D eigenvalue weighted by atomic mass is 35.5. The Labute approximate surface area is 113 Å². The molecule has 0 saturated carbocycles. The van der Waals surface area contributed by atoms with Gasteiger partial charge in [-0.1, -0.05) is 0 Å². The van der Waals surface area contributed by atoms with Gasteiger partial charge in [0.05, 0.1) is 66.9 Å². The molecule has 0 bridgehead atoms. The summed E-state index contributed by atoms with van der Waals surface area (Å²) >= 11 is 8.38. The zero-order valence-corrected chi connectivity index (χ0v) is 13.3. The maximum absolute atomic E-state index is 4.19. The number of hydrogen-bond acceptors (Lipinski definition) is 2. The Morgan fingerprint density at radius 3 is 0.786 bits per heavy atom. The van der Waals surface area contributed by atoms with Gasteiger partial charge in [0.2, 0.25) is 0 Å². The van der Waals surface area contributed by atoms with Gasteiger partial charge in [-0.3, -0.25) is 7.78 Å². The topological polar surface area (TPSA) is 0 Å². The molecule has 0 spiro atoms. The lowest BCUT2D eigenvalue weighted by atomic mass is 10.7. The largest absolute Gasteiger partial charge is 1.00 e. The summed E-state index contributed by atoms with van der Waals surface area (Å²) in [5, 5.41) is 0. The van der Waals surface area contributed by atoms with Crippen LogP contribution in [-0.4, -0.2) is 49.1 Å². The fourth-order valence-electron chi connectivity index (χ4n) is 0. The van der Waals surface area contributed by atoms with Crippen LogP contribution in [0.15, 0.2) is 0 Å². The van der Waals surface area contributed by atoms with Gasteiger partial charge in [-0.25, -0.2) is 0 Å². The van der Waals surface area contributed by atoms with E-state index in [1.807, 2.05) is 28.2 Å². The van der Waals surface area contributed by atoms with E-state index in [9.17, 15) is 0 Å². The van der Waals surface area contributed by atoms with Gasteiger partial charge in [0.1, 0.15) is 0 Å². The molecule has 0 fully saturated rings. The van der Waals surface area contributed by atoms with E-state index in [4.69, 9.17) is 0 Å². The Kier molecular flexibility index (Phi) is 18.7. The Morgan fingerprint density at radius 1 is 0.714 bits per heavy atom. The molecule has 0 aromatic carbocycles. The van der Waals surface area contributed by atoms with Crippen molar-refractivity contribution in [2.45, 2.75) is 13.8 Å². The predicted molar refractivity (Wildman–Crippen MR) is 63.3 cm³/mol. The van der Waals surface area contributed by atoms with Gasteiger partial charge in [0, 0.05) is 0 Å². The zero-order valence-electron chi connectivity index (χ0n) is 9.96. The molecule has 0 aliphatic rings. The number of nitrogens with zero attached hydrogens (tertiary/aromatic N) is 2. The standard InChI is InChI=1S/2C4H12NS.2ClH/c2*1-4-5(2,3)6;;/h2*6H,4H2,1-3H3;2*1H/q2*+1;;/p-2. The van der Waals surface area contributed by atoms with Gasteiger partial charge in [-0.2, -0.15) is 0 Å². The number of quaternary nitrogens is 2. The highest BCUT2D eigenvalue weighted by Gasteiger charge is 2.00. The average Bonchev–Trinajstić information content (AvgIpc) is 1.86. The van der Waals surface area contributed by atoms with Crippen molar-refractivity contribution >= 4 is 25.6 Å². The number of thiol groups is 2. The summed E-state index contributed by atoms with van der Waals surface area (Å²) in [6, 6.07) is 0. The third-order valence-electron chi connectivity index (χ3n) is 1.55. The molecule has 0 aromatic rings. The molecule has 0 aliphatic heterocycles. The van der Waals surface area contributed by atoms with Crippen molar-refractivity contribution in [1.82, 2.24) is 0 Å². The van der Waals surface area contributed by atoms with Gasteiger partial charge in [-0.15, -0.1) is 0 Å². The van der Waals surface area contributed by atoms with Crippen LogP contribution in [-0.2, 0) is 0 Å². The van der Waals surface area contributed by atoms with E-state index in [1.165, 1.54) is 0 Å². The van der Waals surface area contributed by atoms with Crippen molar-refractivity contribution in [1.29, 1.82) is 0 Å². The summed E-state index contributed by atoms with van der Waals surface area (Å²) in [7, 11) is 8.18. The van der Waals surface area contributed by atoms with Crippen LogP contribution >= 0.6 is 25.6 Å². The molecule has 0 radical (unpaired) electrons. The average molecular weight is 283 g/mol. The van der Waals surface area contributed by atoms with Crippen LogP contribution in [0.5, 0.6) is 0 Å². The molecule has 14 heavy (non-hydrogen) atoms. The van der Waals surface area contributed by atoms with Gasteiger partial charge < -0.3 is 24.8 Å². The lowest BCUT2D eigenvalue weighted by molar-refractivity contribution is -0.744.